The Morgan fingerprint density at radius 2 is 1.75 bits per heavy atom. The number of rotatable bonds is 4. The minimum atomic E-state index is 0.693. The Kier molecular flexibility index (Phi) is 4.60. The average Bonchev–Trinajstić information content (AvgIpc) is 3.18. The van der Waals surface area contributed by atoms with E-state index in [-0.39, 0.29) is 0 Å². The fraction of sp³-hybridized carbons (Fsp3) is 0.474. The van der Waals surface area contributed by atoms with E-state index in [0.29, 0.717) is 5.92 Å². The van der Waals surface area contributed by atoms with Gasteiger partial charge in [-0.25, -0.2) is 4.98 Å². The van der Waals surface area contributed by atoms with Crippen molar-refractivity contribution in [3.05, 3.63) is 42.2 Å². The number of nitrogens with zero attached hydrogens (tertiary/aromatic N) is 3. The van der Waals surface area contributed by atoms with Crippen LogP contribution in [0.4, 0.5) is 17.3 Å². The summed E-state index contributed by atoms with van der Waals surface area (Å²) in [7, 11) is 0. The third-order valence-electron chi connectivity index (χ3n) is 5.05. The zero-order valence-corrected chi connectivity index (χ0v) is 14.0. The largest absolute Gasteiger partial charge is 0.355 e. The molecule has 4 rings (SSSR count). The monoisotopic (exact) mass is 323 g/mol. The number of piperidine rings is 1. The van der Waals surface area contributed by atoms with Gasteiger partial charge in [0, 0.05) is 18.8 Å². The van der Waals surface area contributed by atoms with Gasteiger partial charge in [-0.1, -0.05) is 12.1 Å². The third kappa shape index (κ3) is 3.51. The second-order valence-corrected chi connectivity index (χ2v) is 6.73. The highest BCUT2D eigenvalue weighted by Crippen LogP contribution is 2.27. The van der Waals surface area contributed by atoms with E-state index in [9.17, 15) is 0 Å². The molecule has 2 aromatic rings. The number of nitrogens with one attached hydrogen (secondary N) is 2. The summed E-state index contributed by atoms with van der Waals surface area (Å²) in [5.41, 5.74) is 2.51. The topological polar surface area (TPSA) is 53.1 Å². The van der Waals surface area contributed by atoms with Crippen LogP contribution in [0, 0.1) is 0 Å². The number of benzene rings is 1. The van der Waals surface area contributed by atoms with E-state index >= 15 is 0 Å². The molecule has 1 aromatic carbocycles. The molecule has 1 aromatic heterocycles. The highest BCUT2D eigenvalue weighted by atomic mass is 15.2. The van der Waals surface area contributed by atoms with Gasteiger partial charge in [0.1, 0.15) is 5.82 Å². The molecule has 2 fully saturated rings. The van der Waals surface area contributed by atoms with Crippen molar-refractivity contribution < 1.29 is 0 Å². The Bertz CT molecular complexity index is 658. The Morgan fingerprint density at radius 1 is 1.00 bits per heavy atom. The first-order valence-corrected chi connectivity index (χ1v) is 9.03. The molecule has 0 unspecified atom stereocenters. The second kappa shape index (κ2) is 7.18. The molecule has 0 saturated carbocycles. The van der Waals surface area contributed by atoms with Gasteiger partial charge in [-0.3, -0.25) is 4.98 Å². The molecule has 2 saturated heterocycles. The van der Waals surface area contributed by atoms with Crippen molar-refractivity contribution >= 4 is 17.3 Å². The van der Waals surface area contributed by atoms with E-state index in [1.165, 1.54) is 31.2 Å². The summed E-state index contributed by atoms with van der Waals surface area (Å²) in [4.78, 5) is 11.4. The fourth-order valence-corrected chi connectivity index (χ4v) is 3.66. The summed E-state index contributed by atoms with van der Waals surface area (Å²) >= 11 is 0. The quantitative estimate of drug-likeness (QED) is 0.904. The lowest BCUT2D eigenvalue weighted by Crippen LogP contribution is -2.26. The van der Waals surface area contributed by atoms with Crippen LogP contribution in [0.5, 0.6) is 0 Å². The minimum Gasteiger partial charge on any atom is -0.355 e. The molecule has 5 nitrogen and oxygen atoms in total. The zero-order valence-electron chi connectivity index (χ0n) is 14.0. The molecular formula is C19H25N5. The highest BCUT2D eigenvalue weighted by Gasteiger charge is 2.15. The van der Waals surface area contributed by atoms with Gasteiger partial charge in [0.25, 0.3) is 0 Å². The van der Waals surface area contributed by atoms with Crippen molar-refractivity contribution in [2.45, 2.75) is 31.6 Å². The molecule has 5 heteroatoms. The number of hydrogen-bond acceptors (Lipinski definition) is 5. The maximum absolute atomic E-state index is 4.71. The smallest absolute Gasteiger partial charge is 0.151 e. The summed E-state index contributed by atoms with van der Waals surface area (Å²) in [6.07, 6.45) is 8.61. The molecule has 2 N–H and O–H groups in total. The molecule has 2 aliphatic rings. The van der Waals surface area contributed by atoms with Crippen LogP contribution in [0.25, 0.3) is 0 Å². The predicted octanol–water partition coefficient (Wildman–Crippen LogP) is 3.29. The molecule has 0 bridgehead atoms. The zero-order chi connectivity index (χ0) is 16.2. The van der Waals surface area contributed by atoms with Crippen molar-refractivity contribution in [1.29, 1.82) is 0 Å². The van der Waals surface area contributed by atoms with Crippen molar-refractivity contribution in [1.82, 2.24) is 15.3 Å². The van der Waals surface area contributed by atoms with Gasteiger partial charge in [0.05, 0.1) is 12.4 Å². The van der Waals surface area contributed by atoms with Gasteiger partial charge in [-0.2, -0.15) is 0 Å². The van der Waals surface area contributed by atoms with Crippen molar-refractivity contribution in [3.8, 4) is 0 Å². The maximum Gasteiger partial charge on any atom is 0.151 e. The predicted molar refractivity (Wildman–Crippen MR) is 98.0 cm³/mol. The fourth-order valence-electron chi connectivity index (χ4n) is 3.66. The summed E-state index contributed by atoms with van der Waals surface area (Å²) in [5.74, 6) is 2.48. The highest BCUT2D eigenvalue weighted by molar-refractivity contribution is 5.57. The molecule has 0 spiro atoms. The Hall–Kier alpha value is -2.14. The summed E-state index contributed by atoms with van der Waals surface area (Å²) in [5, 5.41) is 6.81. The average molecular weight is 323 g/mol. The maximum atomic E-state index is 4.71. The van der Waals surface area contributed by atoms with Gasteiger partial charge in [-0.05, 0) is 62.4 Å². The van der Waals surface area contributed by atoms with Gasteiger partial charge in [-0.15, -0.1) is 0 Å². The van der Waals surface area contributed by atoms with Crippen LogP contribution < -0.4 is 15.5 Å². The summed E-state index contributed by atoms with van der Waals surface area (Å²) < 4.78 is 0. The molecule has 3 heterocycles. The molecule has 126 valence electrons. The van der Waals surface area contributed by atoms with Crippen molar-refractivity contribution in [3.63, 3.8) is 0 Å². The molecule has 24 heavy (non-hydrogen) atoms. The summed E-state index contributed by atoms with van der Waals surface area (Å²) in [6.45, 7) is 4.43. The first-order chi connectivity index (χ1) is 11.9. The molecule has 0 radical (unpaired) electrons. The molecule has 2 aliphatic heterocycles. The molecule has 0 atom stereocenters. The van der Waals surface area contributed by atoms with Gasteiger partial charge in [0.2, 0.25) is 0 Å². The van der Waals surface area contributed by atoms with E-state index in [4.69, 9.17) is 4.98 Å². The van der Waals surface area contributed by atoms with Gasteiger partial charge in [0.15, 0.2) is 5.82 Å². The number of anilines is 3. The van der Waals surface area contributed by atoms with Crippen LogP contribution in [0.1, 0.15) is 37.2 Å². The van der Waals surface area contributed by atoms with Crippen LogP contribution in [0.15, 0.2) is 36.7 Å². The third-order valence-corrected chi connectivity index (χ3v) is 5.05. The van der Waals surface area contributed by atoms with E-state index in [2.05, 4.69) is 44.8 Å². The minimum absolute atomic E-state index is 0.693. The lowest BCUT2D eigenvalue weighted by molar-refractivity contribution is 0.460. The van der Waals surface area contributed by atoms with Gasteiger partial charge < -0.3 is 15.5 Å². The van der Waals surface area contributed by atoms with Crippen LogP contribution in [0.3, 0.4) is 0 Å². The van der Waals surface area contributed by atoms with E-state index < -0.39 is 0 Å². The molecule has 0 aliphatic carbocycles. The van der Waals surface area contributed by atoms with Crippen LogP contribution in [-0.2, 0) is 0 Å². The van der Waals surface area contributed by atoms with E-state index in [1.54, 1.807) is 6.20 Å². The normalized spacial score (nSPS) is 18.8. The first-order valence-electron chi connectivity index (χ1n) is 9.03. The van der Waals surface area contributed by atoms with Crippen LogP contribution in [0.2, 0.25) is 0 Å². The lowest BCUT2D eigenvalue weighted by atomic mass is 9.90. The number of aromatic nitrogens is 2. The standard InChI is InChI=1S/C19H25N5/c1-2-12-24(11-1)19-14-21-13-18(23-19)22-17-5-3-15(4-6-17)16-7-9-20-10-8-16/h3-6,13-14,16,20H,1-2,7-12H2,(H,22,23). The SMILES string of the molecule is c1cc(C2CCNCC2)ccc1Nc1cncc(N2CCCC2)n1. The van der Waals surface area contributed by atoms with Crippen molar-refractivity contribution in [2.24, 2.45) is 0 Å². The van der Waals surface area contributed by atoms with E-state index in [1.807, 2.05) is 6.20 Å². The molecular weight excluding hydrogens is 298 g/mol. The lowest BCUT2D eigenvalue weighted by Gasteiger charge is -2.23. The Balaban J connectivity index is 1.44. The number of hydrogen-bond donors (Lipinski definition) is 2. The van der Waals surface area contributed by atoms with Crippen LogP contribution in [-0.4, -0.2) is 36.1 Å². The first kappa shape index (κ1) is 15.4. The Labute approximate surface area is 143 Å². The summed E-state index contributed by atoms with van der Waals surface area (Å²) in [6, 6.07) is 8.80. The van der Waals surface area contributed by atoms with Gasteiger partial charge >= 0.3 is 0 Å². The van der Waals surface area contributed by atoms with Crippen LogP contribution >= 0.6 is 0 Å². The molecule has 0 amide bonds. The van der Waals surface area contributed by atoms with Crippen molar-refractivity contribution in [2.75, 3.05) is 36.4 Å². The van der Waals surface area contributed by atoms with E-state index in [0.717, 1.165) is 43.5 Å². The second-order valence-electron chi connectivity index (χ2n) is 6.73. The Morgan fingerprint density at radius 3 is 2.50 bits per heavy atom.